The molecule has 0 spiro atoms. The average molecular weight is 408 g/mol. The minimum absolute atomic E-state index is 0.190. The summed E-state index contributed by atoms with van der Waals surface area (Å²) >= 11 is 0. The van der Waals surface area contributed by atoms with Gasteiger partial charge in [-0.25, -0.2) is 9.97 Å². The Morgan fingerprint density at radius 1 is 0.933 bits per heavy atom. The van der Waals surface area contributed by atoms with Crippen LogP contribution in [0.4, 0.5) is 5.82 Å². The summed E-state index contributed by atoms with van der Waals surface area (Å²) < 4.78 is 0. The summed E-state index contributed by atoms with van der Waals surface area (Å²) in [5.41, 5.74) is 2.11. The largest absolute Gasteiger partial charge is 0.354 e. The molecule has 2 aliphatic rings. The minimum Gasteiger partial charge on any atom is -0.354 e. The fourth-order valence-corrected chi connectivity index (χ4v) is 4.46. The third-order valence-corrected chi connectivity index (χ3v) is 6.14. The second-order valence-corrected chi connectivity index (χ2v) is 8.75. The standard InChI is InChI=1S/C24H33N5O/c1-18(2)23-25-19(3)17-21(26-23)27-13-15-28(16-14-27)22(20-9-5-4-6-10-20)24(30)29-11-7-8-12-29/h4-6,9-10,17-18,22H,7-8,11-16H2,1-3H3. The molecule has 2 fully saturated rings. The van der Waals surface area contributed by atoms with Gasteiger partial charge in [-0.05, 0) is 25.3 Å². The zero-order valence-electron chi connectivity index (χ0n) is 18.4. The lowest BCUT2D eigenvalue weighted by Gasteiger charge is -2.40. The van der Waals surface area contributed by atoms with E-state index < -0.39 is 0 Å². The van der Waals surface area contributed by atoms with Crippen molar-refractivity contribution < 1.29 is 4.79 Å². The van der Waals surface area contributed by atoms with E-state index in [0.717, 1.165) is 75.0 Å². The van der Waals surface area contributed by atoms with Gasteiger partial charge in [-0.3, -0.25) is 9.69 Å². The minimum atomic E-state index is -0.190. The fourth-order valence-electron chi connectivity index (χ4n) is 4.46. The van der Waals surface area contributed by atoms with E-state index in [1.54, 1.807) is 0 Å². The number of rotatable bonds is 5. The maximum Gasteiger partial charge on any atom is 0.244 e. The van der Waals surface area contributed by atoms with Gasteiger partial charge < -0.3 is 9.80 Å². The van der Waals surface area contributed by atoms with Gasteiger partial charge in [0, 0.05) is 56.9 Å². The highest BCUT2D eigenvalue weighted by Crippen LogP contribution is 2.27. The monoisotopic (exact) mass is 407 g/mol. The van der Waals surface area contributed by atoms with Crippen LogP contribution in [0.2, 0.25) is 0 Å². The highest BCUT2D eigenvalue weighted by Gasteiger charge is 2.34. The van der Waals surface area contributed by atoms with E-state index in [1.165, 1.54) is 0 Å². The van der Waals surface area contributed by atoms with Crippen molar-refractivity contribution in [2.75, 3.05) is 44.2 Å². The molecule has 1 aromatic carbocycles. The van der Waals surface area contributed by atoms with Crippen LogP contribution in [0.5, 0.6) is 0 Å². The average Bonchev–Trinajstić information content (AvgIpc) is 3.30. The van der Waals surface area contributed by atoms with Gasteiger partial charge in [-0.1, -0.05) is 44.2 Å². The van der Waals surface area contributed by atoms with Gasteiger partial charge in [0.25, 0.3) is 0 Å². The number of carbonyl (C=O) groups is 1. The topological polar surface area (TPSA) is 52.6 Å². The van der Waals surface area contributed by atoms with Crippen molar-refractivity contribution in [3.05, 3.63) is 53.5 Å². The first-order valence-corrected chi connectivity index (χ1v) is 11.2. The molecule has 4 rings (SSSR count). The normalized spacial score (nSPS) is 18.8. The first-order chi connectivity index (χ1) is 14.5. The molecule has 1 aromatic heterocycles. The molecule has 30 heavy (non-hydrogen) atoms. The maximum absolute atomic E-state index is 13.4. The van der Waals surface area contributed by atoms with E-state index in [9.17, 15) is 4.79 Å². The molecule has 0 N–H and O–H groups in total. The first kappa shape index (κ1) is 20.8. The number of nitrogens with zero attached hydrogens (tertiary/aromatic N) is 5. The highest BCUT2D eigenvalue weighted by atomic mass is 16.2. The molecule has 2 aromatic rings. The van der Waals surface area contributed by atoms with E-state index in [2.05, 4.69) is 46.8 Å². The summed E-state index contributed by atoms with van der Waals surface area (Å²) in [6.45, 7) is 11.5. The summed E-state index contributed by atoms with van der Waals surface area (Å²) in [4.78, 5) is 29.5. The Kier molecular flexibility index (Phi) is 6.32. The van der Waals surface area contributed by atoms with E-state index in [0.29, 0.717) is 5.92 Å². The molecule has 2 aliphatic heterocycles. The molecule has 1 atom stereocenters. The van der Waals surface area contributed by atoms with Crippen LogP contribution in [0, 0.1) is 6.92 Å². The Bertz CT molecular complexity index is 855. The molecule has 1 unspecified atom stereocenters. The van der Waals surface area contributed by atoms with Crippen molar-refractivity contribution in [3.8, 4) is 0 Å². The molecule has 6 heteroatoms. The molecular weight excluding hydrogens is 374 g/mol. The summed E-state index contributed by atoms with van der Waals surface area (Å²) in [6, 6.07) is 12.2. The van der Waals surface area contributed by atoms with Gasteiger partial charge in [0.2, 0.25) is 5.91 Å². The summed E-state index contributed by atoms with van der Waals surface area (Å²) in [6.07, 6.45) is 2.23. The zero-order valence-corrected chi connectivity index (χ0v) is 18.4. The van der Waals surface area contributed by atoms with Crippen LogP contribution in [-0.4, -0.2) is 64.9 Å². The number of hydrogen-bond donors (Lipinski definition) is 0. The Balaban J connectivity index is 1.51. The van der Waals surface area contributed by atoms with Crippen LogP contribution in [0.3, 0.4) is 0 Å². The van der Waals surface area contributed by atoms with Gasteiger partial charge in [0.05, 0.1) is 0 Å². The van der Waals surface area contributed by atoms with E-state index in [-0.39, 0.29) is 11.9 Å². The number of amides is 1. The number of piperazine rings is 1. The van der Waals surface area contributed by atoms with Crippen molar-refractivity contribution >= 4 is 11.7 Å². The number of hydrogen-bond acceptors (Lipinski definition) is 5. The van der Waals surface area contributed by atoms with Gasteiger partial charge >= 0.3 is 0 Å². The number of aromatic nitrogens is 2. The van der Waals surface area contributed by atoms with Crippen molar-refractivity contribution in [1.29, 1.82) is 0 Å². The lowest BCUT2D eigenvalue weighted by Crippen LogP contribution is -2.51. The number of likely N-dealkylation sites (tertiary alicyclic amines) is 1. The molecule has 3 heterocycles. The Morgan fingerprint density at radius 3 is 2.23 bits per heavy atom. The Hall–Kier alpha value is -2.47. The molecule has 2 saturated heterocycles. The predicted molar refractivity (Wildman–Crippen MR) is 120 cm³/mol. The van der Waals surface area contributed by atoms with Crippen molar-refractivity contribution in [2.45, 2.75) is 45.6 Å². The van der Waals surface area contributed by atoms with Crippen LogP contribution in [0.25, 0.3) is 0 Å². The van der Waals surface area contributed by atoms with Gasteiger partial charge in [-0.2, -0.15) is 0 Å². The Labute approximate surface area is 179 Å². The SMILES string of the molecule is Cc1cc(N2CCN(C(C(=O)N3CCCC3)c3ccccc3)CC2)nc(C(C)C)n1. The van der Waals surface area contributed by atoms with Crippen LogP contribution < -0.4 is 4.90 Å². The number of carbonyl (C=O) groups excluding carboxylic acids is 1. The van der Waals surface area contributed by atoms with Gasteiger partial charge in [0.1, 0.15) is 17.7 Å². The number of aryl methyl sites for hydroxylation is 1. The van der Waals surface area contributed by atoms with Crippen LogP contribution >= 0.6 is 0 Å². The molecule has 0 aliphatic carbocycles. The smallest absolute Gasteiger partial charge is 0.244 e. The Morgan fingerprint density at radius 2 is 1.60 bits per heavy atom. The molecule has 1 amide bonds. The molecule has 0 radical (unpaired) electrons. The highest BCUT2D eigenvalue weighted by molar-refractivity contribution is 5.83. The molecule has 6 nitrogen and oxygen atoms in total. The van der Waals surface area contributed by atoms with Crippen molar-refractivity contribution in [1.82, 2.24) is 19.8 Å². The van der Waals surface area contributed by atoms with Crippen LogP contribution in [0.15, 0.2) is 36.4 Å². The summed E-state index contributed by atoms with van der Waals surface area (Å²) in [7, 11) is 0. The molecule has 0 saturated carbocycles. The lowest BCUT2D eigenvalue weighted by molar-refractivity contribution is -0.136. The maximum atomic E-state index is 13.4. The first-order valence-electron chi connectivity index (χ1n) is 11.2. The predicted octanol–water partition coefficient (Wildman–Crippen LogP) is 3.39. The van der Waals surface area contributed by atoms with Gasteiger partial charge in [-0.15, -0.1) is 0 Å². The van der Waals surface area contributed by atoms with E-state index in [1.807, 2.05) is 30.0 Å². The molecule has 0 bridgehead atoms. The van der Waals surface area contributed by atoms with E-state index >= 15 is 0 Å². The third-order valence-electron chi connectivity index (χ3n) is 6.14. The van der Waals surface area contributed by atoms with Gasteiger partial charge in [0.15, 0.2) is 0 Å². The van der Waals surface area contributed by atoms with E-state index in [4.69, 9.17) is 4.98 Å². The fraction of sp³-hybridized carbons (Fsp3) is 0.542. The molecule has 160 valence electrons. The van der Waals surface area contributed by atoms with Crippen molar-refractivity contribution in [3.63, 3.8) is 0 Å². The lowest BCUT2D eigenvalue weighted by atomic mass is 10.0. The van der Waals surface area contributed by atoms with Crippen molar-refractivity contribution in [2.24, 2.45) is 0 Å². The number of anilines is 1. The second kappa shape index (κ2) is 9.13. The second-order valence-electron chi connectivity index (χ2n) is 8.75. The molecular formula is C24H33N5O. The number of benzene rings is 1. The zero-order chi connectivity index (χ0) is 21.1. The summed E-state index contributed by atoms with van der Waals surface area (Å²) in [5, 5.41) is 0. The van der Waals surface area contributed by atoms with Crippen LogP contribution in [0.1, 0.15) is 55.7 Å². The summed E-state index contributed by atoms with van der Waals surface area (Å²) in [5.74, 6) is 2.48. The third kappa shape index (κ3) is 4.48. The quantitative estimate of drug-likeness (QED) is 0.760. The van der Waals surface area contributed by atoms with Crippen LogP contribution in [-0.2, 0) is 4.79 Å².